The van der Waals surface area contributed by atoms with Crippen LogP contribution in [-0.4, -0.2) is 24.7 Å². The fraction of sp³-hybridized carbons (Fsp3) is 0.444. The van der Waals surface area contributed by atoms with Gasteiger partial charge in [0.2, 0.25) is 5.91 Å². The first-order valence-electron chi connectivity index (χ1n) is 11.5. The van der Waals surface area contributed by atoms with Gasteiger partial charge < -0.3 is 15.0 Å². The summed E-state index contributed by atoms with van der Waals surface area (Å²) in [6.45, 7) is 10.2. The van der Waals surface area contributed by atoms with Crippen molar-refractivity contribution in [1.29, 1.82) is 0 Å². The van der Waals surface area contributed by atoms with Crippen LogP contribution in [0.15, 0.2) is 48.5 Å². The first kappa shape index (κ1) is 21.5. The third-order valence-electron chi connectivity index (χ3n) is 6.78. The molecule has 31 heavy (non-hydrogen) atoms. The zero-order chi connectivity index (χ0) is 22.1. The minimum absolute atomic E-state index is 0.103. The topological polar surface area (TPSA) is 41.6 Å². The van der Waals surface area contributed by atoms with Crippen LogP contribution in [0.3, 0.4) is 0 Å². The minimum Gasteiger partial charge on any atom is -0.494 e. The van der Waals surface area contributed by atoms with E-state index in [1.807, 2.05) is 12.1 Å². The number of rotatable bonds is 7. The normalized spacial score (nSPS) is 21.7. The molecule has 0 aliphatic carbocycles. The quantitative estimate of drug-likeness (QED) is 0.596. The molecule has 0 bridgehead atoms. The van der Waals surface area contributed by atoms with E-state index in [1.54, 1.807) is 0 Å². The molecular weight excluding hydrogens is 384 g/mol. The fourth-order valence-corrected chi connectivity index (χ4v) is 4.93. The molecule has 4 rings (SSSR count). The van der Waals surface area contributed by atoms with Crippen molar-refractivity contribution in [2.24, 2.45) is 0 Å². The van der Waals surface area contributed by atoms with E-state index < -0.39 is 5.66 Å². The molecule has 0 spiro atoms. The van der Waals surface area contributed by atoms with E-state index in [4.69, 9.17) is 4.74 Å². The number of nitrogens with one attached hydrogen (secondary N) is 1. The Morgan fingerprint density at radius 3 is 2.81 bits per heavy atom. The van der Waals surface area contributed by atoms with Crippen LogP contribution >= 0.6 is 0 Å². The zero-order valence-electron chi connectivity index (χ0n) is 19.2. The number of unbranched alkanes of at least 4 members (excludes halogenated alkanes) is 2. The van der Waals surface area contributed by atoms with Gasteiger partial charge in [0.05, 0.1) is 6.61 Å². The highest BCUT2D eigenvalue weighted by atomic mass is 16.5. The van der Waals surface area contributed by atoms with E-state index in [2.05, 4.69) is 80.4 Å². The van der Waals surface area contributed by atoms with Crippen LogP contribution in [0.2, 0.25) is 0 Å². The molecule has 4 heteroatoms. The number of carbonyl (C=O) groups is 1. The van der Waals surface area contributed by atoms with E-state index in [1.165, 1.54) is 29.7 Å². The molecule has 2 aromatic carbocycles. The van der Waals surface area contributed by atoms with Gasteiger partial charge in [0.25, 0.3) is 0 Å². The lowest BCUT2D eigenvalue weighted by molar-refractivity contribution is -0.124. The Balaban J connectivity index is 1.65. The molecule has 2 aliphatic heterocycles. The average molecular weight is 419 g/mol. The lowest BCUT2D eigenvalue weighted by atomic mass is 9.74. The van der Waals surface area contributed by atoms with Crippen molar-refractivity contribution >= 4 is 17.7 Å². The van der Waals surface area contributed by atoms with Gasteiger partial charge in [-0.3, -0.25) is 4.79 Å². The molecule has 4 nitrogen and oxygen atoms in total. The van der Waals surface area contributed by atoms with E-state index in [0.717, 1.165) is 30.9 Å². The number of hydrogen-bond acceptors (Lipinski definition) is 3. The van der Waals surface area contributed by atoms with Crippen molar-refractivity contribution in [2.45, 2.75) is 64.5 Å². The largest absolute Gasteiger partial charge is 0.494 e. The molecule has 164 valence electrons. The molecule has 2 heterocycles. The Morgan fingerprint density at radius 2 is 2.00 bits per heavy atom. The smallest absolute Gasteiger partial charge is 0.223 e. The molecule has 1 N–H and O–H groups in total. The summed E-state index contributed by atoms with van der Waals surface area (Å²) in [6.07, 6.45) is 8.26. The van der Waals surface area contributed by atoms with E-state index >= 15 is 0 Å². The molecule has 1 amide bonds. The van der Waals surface area contributed by atoms with Crippen molar-refractivity contribution in [1.82, 2.24) is 5.32 Å². The predicted octanol–water partition coefficient (Wildman–Crippen LogP) is 5.59. The molecule has 2 aliphatic rings. The summed E-state index contributed by atoms with van der Waals surface area (Å²) in [5.74, 6) is 0.997. The van der Waals surface area contributed by atoms with Gasteiger partial charge >= 0.3 is 0 Å². The number of fused-ring (bicyclic) bond motifs is 3. The molecule has 1 saturated heterocycles. The predicted molar refractivity (Wildman–Crippen MR) is 128 cm³/mol. The monoisotopic (exact) mass is 418 g/mol. The number of carbonyl (C=O) groups excluding carboxylic acids is 1. The SMILES string of the molecule is CCCCCOc1cccc(C=C[C@]23NC(=O)CCN2c2ccc(C)cc2C3(C)C)c1. The van der Waals surface area contributed by atoms with Crippen molar-refractivity contribution in [3.8, 4) is 5.75 Å². The molecule has 0 radical (unpaired) electrons. The first-order chi connectivity index (χ1) is 14.9. The Hall–Kier alpha value is -2.75. The molecule has 0 unspecified atom stereocenters. The highest BCUT2D eigenvalue weighted by Gasteiger charge is 2.57. The summed E-state index contributed by atoms with van der Waals surface area (Å²) in [7, 11) is 0. The van der Waals surface area contributed by atoms with Crippen LogP contribution in [-0.2, 0) is 10.2 Å². The second-order valence-corrected chi connectivity index (χ2v) is 9.32. The second kappa shape index (κ2) is 8.41. The van der Waals surface area contributed by atoms with Gasteiger partial charge in [-0.2, -0.15) is 0 Å². The number of anilines is 1. The van der Waals surface area contributed by atoms with Gasteiger partial charge in [-0.05, 0) is 48.7 Å². The molecule has 1 fully saturated rings. The number of ether oxygens (including phenoxy) is 1. The summed E-state index contributed by atoms with van der Waals surface area (Å²) in [4.78, 5) is 14.9. The number of benzene rings is 2. The highest BCUT2D eigenvalue weighted by Crippen LogP contribution is 2.52. The van der Waals surface area contributed by atoms with Crippen molar-refractivity contribution < 1.29 is 9.53 Å². The van der Waals surface area contributed by atoms with Crippen molar-refractivity contribution in [2.75, 3.05) is 18.1 Å². The van der Waals surface area contributed by atoms with Gasteiger partial charge in [0, 0.05) is 24.1 Å². The molecule has 0 aromatic heterocycles. The highest BCUT2D eigenvalue weighted by molar-refractivity contribution is 5.84. The summed E-state index contributed by atoms with van der Waals surface area (Å²) in [6, 6.07) is 14.8. The molecular formula is C27H34N2O2. The van der Waals surface area contributed by atoms with Crippen LogP contribution in [0.5, 0.6) is 5.75 Å². The summed E-state index contributed by atoms with van der Waals surface area (Å²) >= 11 is 0. The summed E-state index contributed by atoms with van der Waals surface area (Å²) in [5, 5.41) is 3.35. The first-order valence-corrected chi connectivity index (χ1v) is 11.5. The van der Waals surface area contributed by atoms with Gasteiger partial charge in [0.15, 0.2) is 0 Å². The standard InChI is InChI=1S/C27H34N2O2/c1-5-6-7-17-31-22-10-8-9-21(19-22)13-15-27-26(3,4)23-18-20(2)11-12-24(23)29(27)16-14-25(30)28-27/h8-13,15,18-19H,5-7,14,16-17H2,1-4H3,(H,28,30)/t27-/m0/s1. The van der Waals surface area contributed by atoms with Gasteiger partial charge in [-0.1, -0.05) is 69.5 Å². The van der Waals surface area contributed by atoms with Crippen molar-refractivity contribution in [3.63, 3.8) is 0 Å². The Labute approximate surface area is 186 Å². The van der Waals surface area contributed by atoms with Gasteiger partial charge in [0.1, 0.15) is 11.4 Å². The lowest BCUT2D eigenvalue weighted by Gasteiger charge is -2.49. The summed E-state index contributed by atoms with van der Waals surface area (Å²) in [5.41, 5.74) is 3.96. The molecule has 1 atom stereocenters. The Morgan fingerprint density at radius 1 is 1.16 bits per heavy atom. The Bertz CT molecular complexity index is 994. The van der Waals surface area contributed by atoms with E-state index in [0.29, 0.717) is 6.42 Å². The van der Waals surface area contributed by atoms with Gasteiger partial charge in [-0.25, -0.2) is 0 Å². The fourth-order valence-electron chi connectivity index (χ4n) is 4.93. The third kappa shape index (κ3) is 3.84. The van der Waals surface area contributed by atoms with Crippen molar-refractivity contribution in [3.05, 3.63) is 65.2 Å². The lowest BCUT2D eigenvalue weighted by Crippen LogP contribution is -2.68. The summed E-state index contributed by atoms with van der Waals surface area (Å²) < 4.78 is 5.93. The van der Waals surface area contributed by atoms with Crippen LogP contribution in [0, 0.1) is 6.92 Å². The van der Waals surface area contributed by atoms with Gasteiger partial charge in [-0.15, -0.1) is 0 Å². The van der Waals surface area contributed by atoms with Crippen LogP contribution in [0.25, 0.3) is 6.08 Å². The number of nitrogens with zero attached hydrogens (tertiary/aromatic N) is 1. The van der Waals surface area contributed by atoms with Crippen LogP contribution in [0.1, 0.15) is 63.1 Å². The maximum Gasteiger partial charge on any atom is 0.223 e. The molecule has 2 aromatic rings. The number of hydrogen-bond donors (Lipinski definition) is 1. The van der Waals surface area contributed by atoms with E-state index in [9.17, 15) is 4.79 Å². The maximum atomic E-state index is 12.6. The third-order valence-corrected chi connectivity index (χ3v) is 6.78. The second-order valence-electron chi connectivity index (χ2n) is 9.32. The maximum absolute atomic E-state index is 12.6. The zero-order valence-corrected chi connectivity index (χ0v) is 19.2. The average Bonchev–Trinajstić information content (AvgIpc) is 2.93. The Kier molecular flexibility index (Phi) is 5.83. The van der Waals surface area contributed by atoms with E-state index in [-0.39, 0.29) is 11.3 Å². The number of aryl methyl sites for hydroxylation is 1. The molecule has 0 saturated carbocycles. The minimum atomic E-state index is -0.587. The number of amides is 1. The van der Waals surface area contributed by atoms with Crippen LogP contribution in [0.4, 0.5) is 5.69 Å². The van der Waals surface area contributed by atoms with Crippen LogP contribution < -0.4 is 15.0 Å².